The van der Waals surface area contributed by atoms with Gasteiger partial charge in [0.25, 0.3) is 5.91 Å². The molecule has 0 saturated carbocycles. The zero-order valence-corrected chi connectivity index (χ0v) is 15.9. The van der Waals surface area contributed by atoms with Crippen molar-refractivity contribution in [1.82, 2.24) is 0 Å². The molecule has 1 aliphatic rings. The van der Waals surface area contributed by atoms with Gasteiger partial charge in [-0.05, 0) is 36.2 Å². The molecular weight excluding hydrogens is 385 g/mol. The summed E-state index contributed by atoms with van der Waals surface area (Å²) in [6, 6.07) is 13.8. The number of para-hydroxylation sites is 1. The Bertz CT molecular complexity index is 962. The molecule has 0 N–H and O–H groups in total. The van der Waals surface area contributed by atoms with Crippen LogP contribution in [-0.4, -0.2) is 44.4 Å². The van der Waals surface area contributed by atoms with E-state index in [0.29, 0.717) is 17.7 Å². The first kappa shape index (κ1) is 20.0. The Morgan fingerprint density at radius 3 is 2.50 bits per heavy atom. The molecular formula is C20H20FNO5S. The van der Waals surface area contributed by atoms with Crippen molar-refractivity contribution in [3.63, 3.8) is 0 Å². The minimum Gasteiger partial charge on any atom is -0.455 e. The number of anilines is 1. The van der Waals surface area contributed by atoms with Gasteiger partial charge in [-0.3, -0.25) is 9.59 Å². The minimum absolute atomic E-state index is 0.0215. The van der Waals surface area contributed by atoms with Gasteiger partial charge in [-0.1, -0.05) is 30.3 Å². The molecule has 6 nitrogen and oxygen atoms in total. The van der Waals surface area contributed by atoms with E-state index in [2.05, 4.69) is 0 Å². The second-order valence-corrected chi connectivity index (χ2v) is 8.85. The SMILES string of the molecule is O=C(Cc1cccc(F)c1)OCC(=O)N(c1ccccc1)[C@H]1CCS(=O)(=O)C1. The summed E-state index contributed by atoms with van der Waals surface area (Å²) < 4.78 is 41.9. The Kier molecular flexibility index (Phi) is 6.08. The number of ether oxygens (including phenoxy) is 1. The van der Waals surface area contributed by atoms with Gasteiger partial charge in [0.2, 0.25) is 0 Å². The van der Waals surface area contributed by atoms with Crippen molar-refractivity contribution in [2.75, 3.05) is 23.0 Å². The molecule has 148 valence electrons. The predicted octanol–water partition coefficient (Wildman–Crippen LogP) is 2.13. The number of sulfone groups is 1. The van der Waals surface area contributed by atoms with Crippen LogP contribution in [0.3, 0.4) is 0 Å². The molecule has 8 heteroatoms. The number of esters is 1. The molecule has 1 saturated heterocycles. The first-order chi connectivity index (χ1) is 13.3. The number of hydrogen-bond acceptors (Lipinski definition) is 5. The third kappa shape index (κ3) is 5.16. The van der Waals surface area contributed by atoms with E-state index in [1.807, 2.05) is 0 Å². The van der Waals surface area contributed by atoms with Crippen molar-refractivity contribution in [3.05, 3.63) is 66.0 Å². The number of carbonyl (C=O) groups excluding carboxylic acids is 2. The fourth-order valence-corrected chi connectivity index (χ4v) is 4.90. The van der Waals surface area contributed by atoms with Gasteiger partial charge in [-0.15, -0.1) is 0 Å². The average Bonchev–Trinajstić information content (AvgIpc) is 3.00. The number of rotatable bonds is 6. The summed E-state index contributed by atoms with van der Waals surface area (Å²) in [7, 11) is -3.20. The third-order valence-electron chi connectivity index (χ3n) is 4.47. The number of amides is 1. The smallest absolute Gasteiger partial charge is 0.310 e. The fourth-order valence-electron chi connectivity index (χ4n) is 3.20. The lowest BCUT2D eigenvalue weighted by Gasteiger charge is -2.28. The van der Waals surface area contributed by atoms with Crippen molar-refractivity contribution in [1.29, 1.82) is 0 Å². The maximum Gasteiger partial charge on any atom is 0.310 e. The topological polar surface area (TPSA) is 80.8 Å². The zero-order valence-electron chi connectivity index (χ0n) is 15.1. The van der Waals surface area contributed by atoms with Gasteiger partial charge in [0.05, 0.1) is 24.0 Å². The van der Waals surface area contributed by atoms with E-state index < -0.39 is 40.2 Å². The molecule has 0 spiro atoms. The second-order valence-electron chi connectivity index (χ2n) is 6.62. The molecule has 1 atom stereocenters. The molecule has 1 heterocycles. The summed E-state index contributed by atoms with van der Waals surface area (Å²) in [4.78, 5) is 26.1. The first-order valence-electron chi connectivity index (χ1n) is 8.82. The maximum atomic E-state index is 13.2. The molecule has 1 fully saturated rings. The van der Waals surface area contributed by atoms with E-state index in [1.165, 1.54) is 23.1 Å². The van der Waals surface area contributed by atoms with E-state index in [-0.39, 0.29) is 17.9 Å². The Hall–Kier alpha value is -2.74. The number of halogens is 1. The van der Waals surface area contributed by atoms with Crippen LogP contribution in [0, 0.1) is 5.82 Å². The standard InChI is InChI=1S/C20H20FNO5S/c21-16-6-4-5-15(11-16)12-20(24)27-13-19(23)22(17-7-2-1-3-8-17)18-9-10-28(25,26)14-18/h1-8,11,18H,9-10,12-14H2/t18-/m0/s1. The van der Waals surface area contributed by atoms with Crippen LogP contribution in [0.5, 0.6) is 0 Å². The largest absolute Gasteiger partial charge is 0.455 e. The molecule has 0 bridgehead atoms. The van der Waals surface area contributed by atoms with Gasteiger partial charge in [0, 0.05) is 5.69 Å². The van der Waals surface area contributed by atoms with Gasteiger partial charge >= 0.3 is 5.97 Å². The monoisotopic (exact) mass is 405 g/mol. The number of carbonyl (C=O) groups is 2. The molecule has 0 aromatic heterocycles. The molecule has 3 rings (SSSR count). The van der Waals surface area contributed by atoms with Crippen LogP contribution in [-0.2, 0) is 30.6 Å². The van der Waals surface area contributed by atoms with E-state index in [4.69, 9.17) is 4.74 Å². The highest BCUT2D eigenvalue weighted by Gasteiger charge is 2.35. The molecule has 2 aromatic rings. The number of nitrogens with zero attached hydrogens (tertiary/aromatic N) is 1. The first-order valence-corrected chi connectivity index (χ1v) is 10.6. The lowest BCUT2D eigenvalue weighted by molar-refractivity contribution is -0.147. The van der Waals surface area contributed by atoms with Crippen LogP contribution >= 0.6 is 0 Å². The predicted molar refractivity (Wildman–Crippen MR) is 102 cm³/mol. The average molecular weight is 405 g/mol. The van der Waals surface area contributed by atoms with Crippen molar-refractivity contribution < 1.29 is 27.1 Å². The van der Waals surface area contributed by atoms with Crippen molar-refractivity contribution in [2.24, 2.45) is 0 Å². The summed E-state index contributed by atoms with van der Waals surface area (Å²) in [5, 5.41) is 0. The molecule has 28 heavy (non-hydrogen) atoms. The van der Waals surface area contributed by atoms with Crippen LogP contribution in [0.15, 0.2) is 54.6 Å². The number of hydrogen-bond donors (Lipinski definition) is 0. The van der Waals surface area contributed by atoms with Crippen LogP contribution < -0.4 is 4.90 Å². The molecule has 0 radical (unpaired) electrons. The quantitative estimate of drug-likeness (QED) is 0.688. The molecule has 1 aliphatic heterocycles. The summed E-state index contributed by atoms with van der Waals surface area (Å²) in [5.41, 5.74) is 0.995. The highest BCUT2D eigenvalue weighted by molar-refractivity contribution is 7.91. The molecule has 1 amide bonds. The lowest BCUT2D eigenvalue weighted by Crippen LogP contribution is -2.43. The van der Waals surface area contributed by atoms with Gasteiger partial charge in [-0.25, -0.2) is 12.8 Å². The third-order valence-corrected chi connectivity index (χ3v) is 6.22. The Labute approximate surface area is 162 Å². The zero-order chi connectivity index (χ0) is 20.1. The Morgan fingerprint density at radius 2 is 1.86 bits per heavy atom. The van der Waals surface area contributed by atoms with E-state index >= 15 is 0 Å². The van der Waals surface area contributed by atoms with Gasteiger partial charge in [0.15, 0.2) is 16.4 Å². The van der Waals surface area contributed by atoms with Gasteiger partial charge in [0.1, 0.15) is 5.82 Å². The highest BCUT2D eigenvalue weighted by Crippen LogP contribution is 2.24. The van der Waals surface area contributed by atoms with Gasteiger partial charge < -0.3 is 9.64 Å². The van der Waals surface area contributed by atoms with Crippen molar-refractivity contribution in [3.8, 4) is 0 Å². The van der Waals surface area contributed by atoms with E-state index in [1.54, 1.807) is 36.4 Å². The summed E-state index contributed by atoms with van der Waals surface area (Å²) in [5.74, 6) is -1.72. The molecule has 2 aromatic carbocycles. The second kappa shape index (κ2) is 8.52. The van der Waals surface area contributed by atoms with Crippen LogP contribution in [0.1, 0.15) is 12.0 Å². The van der Waals surface area contributed by atoms with Crippen LogP contribution in [0.2, 0.25) is 0 Å². The highest BCUT2D eigenvalue weighted by atomic mass is 32.2. The van der Waals surface area contributed by atoms with Crippen LogP contribution in [0.25, 0.3) is 0 Å². The molecule has 0 aliphatic carbocycles. The summed E-state index contributed by atoms with van der Waals surface area (Å²) in [6.45, 7) is -0.514. The van der Waals surface area contributed by atoms with Gasteiger partial charge in [-0.2, -0.15) is 0 Å². The minimum atomic E-state index is -3.20. The molecule has 0 unspecified atom stereocenters. The van der Waals surface area contributed by atoms with Crippen molar-refractivity contribution >= 4 is 27.4 Å². The normalized spacial score (nSPS) is 17.8. The van der Waals surface area contributed by atoms with Crippen LogP contribution in [0.4, 0.5) is 10.1 Å². The van der Waals surface area contributed by atoms with Crippen molar-refractivity contribution in [2.45, 2.75) is 18.9 Å². The lowest BCUT2D eigenvalue weighted by atomic mass is 10.1. The Balaban J connectivity index is 1.67. The number of benzene rings is 2. The fraction of sp³-hybridized carbons (Fsp3) is 0.300. The van der Waals surface area contributed by atoms with E-state index in [9.17, 15) is 22.4 Å². The Morgan fingerprint density at radius 1 is 1.11 bits per heavy atom. The summed E-state index contributed by atoms with van der Waals surface area (Å²) >= 11 is 0. The maximum absolute atomic E-state index is 13.2. The van der Waals surface area contributed by atoms with E-state index in [0.717, 1.165) is 0 Å². The summed E-state index contributed by atoms with van der Waals surface area (Å²) in [6.07, 6.45) is 0.175.